The Kier molecular flexibility index (Phi) is 1.99. The van der Waals surface area contributed by atoms with Gasteiger partial charge in [0.25, 0.3) is 5.78 Å². The second-order valence-corrected chi connectivity index (χ2v) is 4.73. The average molecular weight is 263 g/mol. The molecule has 3 aromatic heterocycles. The van der Waals surface area contributed by atoms with Crippen molar-refractivity contribution in [3.63, 3.8) is 0 Å². The van der Waals surface area contributed by atoms with Crippen LogP contribution in [0.15, 0.2) is 36.5 Å². The van der Waals surface area contributed by atoms with Crippen molar-refractivity contribution in [1.29, 1.82) is 0 Å². The van der Waals surface area contributed by atoms with E-state index in [2.05, 4.69) is 9.97 Å². The smallest absolute Gasteiger partial charge is 0.252 e. The minimum atomic E-state index is -0.526. The molecule has 0 N–H and O–H groups in total. The molecule has 0 saturated heterocycles. The van der Waals surface area contributed by atoms with E-state index in [0.29, 0.717) is 28.3 Å². The highest BCUT2D eigenvalue weighted by atomic mass is 16.2. The SMILES string of the molecule is Cc1cccc2nc3c(n12)C(=O)C(=O)c1cccnc1-3. The lowest BCUT2D eigenvalue weighted by molar-refractivity contribution is 0.0811. The van der Waals surface area contributed by atoms with Gasteiger partial charge in [0.2, 0.25) is 5.78 Å². The maximum absolute atomic E-state index is 12.4. The number of Topliss-reactive ketones (excluding diaryl/α,β-unsaturated/α-hetero) is 2. The first-order valence-electron chi connectivity index (χ1n) is 6.21. The van der Waals surface area contributed by atoms with Crippen molar-refractivity contribution >= 4 is 17.2 Å². The summed E-state index contributed by atoms with van der Waals surface area (Å²) in [6, 6.07) is 8.82. The third-order valence-electron chi connectivity index (χ3n) is 3.54. The molecule has 0 bridgehead atoms. The van der Waals surface area contributed by atoms with Gasteiger partial charge in [-0.05, 0) is 31.2 Å². The number of pyridine rings is 2. The molecule has 96 valence electrons. The van der Waals surface area contributed by atoms with E-state index in [0.717, 1.165) is 5.69 Å². The number of nitrogens with zero attached hydrogens (tertiary/aromatic N) is 3. The Morgan fingerprint density at radius 1 is 1.00 bits per heavy atom. The fraction of sp³-hybridized carbons (Fsp3) is 0.0667. The van der Waals surface area contributed by atoms with E-state index in [4.69, 9.17) is 0 Å². The second kappa shape index (κ2) is 3.60. The lowest BCUT2D eigenvalue weighted by atomic mass is 9.94. The molecule has 1 aliphatic carbocycles. The van der Waals surface area contributed by atoms with Gasteiger partial charge < -0.3 is 0 Å². The number of imidazole rings is 1. The van der Waals surface area contributed by atoms with Crippen LogP contribution in [0.25, 0.3) is 17.0 Å². The van der Waals surface area contributed by atoms with Crippen LogP contribution in [0.4, 0.5) is 0 Å². The highest BCUT2D eigenvalue weighted by Crippen LogP contribution is 2.32. The molecule has 0 spiro atoms. The molecule has 0 amide bonds. The van der Waals surface area contributed by atoms with Crippen molar-refractivity contribution in [2.45, 2.75) is 6.92 Å². The summed E-state index contributed by atoms with van der Waals surface area (Å²) in [5.41, 5.74) is 3.11. The third kappa shape index (κ3) is 1.21. The fourth-order valence-electron chi connectivity index (χ4n) is 2.64. The molecule has 0 radical (unpaired) electrons. The number of hydrogen-bond donors (Lipinski definition) is 0. The summed E-state index contributed by atoms with van der Waals surface area (Å²) in [6.07, 6.45) is 1.60. The van der Waals surface area contributed by atoms with Gasteiger partial charge in [0.1, 0.15) is 22.7 Å². The number of hydrogen-bond acceptors (Lipinski definition) is 4. The van der Waals surface area contributed by atoms with E-state index in [1.54, 1.807) is 22.7 Å². The van der Waals surface area contributed by atoms with Crippen molar-refractivity contribution < 1.29 is 9.59 Å². The number of ketones is 2. The fourth-order valence-corrected chi connectivity index (χ4v) is 2.64. The second-order valence-electron chi connectivity index (χ2n) is 4.73. The summed E-state index contributed by atoms with van der Waals surface area (Å²) in [6.45, 7) is 1.88. The van der Waals surface area contributed by atoms with Crippen molar-refractivity contribution in [2.24, 2.45) is 0 Å². The van der Waals surface area contributed by atoms with E-state index >= 15 is 0 Å². The van der Waals surface area contributed by atoms with E-state index in [1.165, 1.54) is 0 Å². The molecule has 20 heavy (non-hydrogen) atoms. The summed E-state index contributed by atoms with van der Waals surface area (Å²) < 4.78 is 1.72. The van der Waals surface area contributed by atoms with Crippen LogP contribution < -0.4 is 0 Å². The Morgan fingerprint density at radius 2 is 1.85 bits per heavy atom. The molecule has 0 aromatic carbocycles. The minimum Gasteiger partial charge on any atom is -0.293 e. The summed E-state index contributed by atoms with van der Waals surface area (Å²) in [5, 5.41) is 0. The molecular weight excluding hydrogens is 254 g/mol. The Hall–Kier alpha value is -2.82. The zero-order chi connectivity index (χ0) is 13.9. The predicted molar refractivity (Wildman–Crippen MR) is 71.8 cm³/mol. The molecule has 0 fully saturated rings. The van der Waals surface area contributed by atoms with Gasteiger partial charge in [0, 0.05) is 11.9 Å². The van der Waals surface area contributed by atoms with Crippen molar-refractivity contribution in [2.75, 3.05) is 0 Å². The largest absolute Gasteiger partial charge is 0.293 e. The topological polar surface area (TPSA) is 64.3 Å². The standard InChI is InChI=1S/C15H9N3O2/c1-8-4-2-6-10-17-12-11-9(5-3-7-16-11)14(19)15(20)13(12)18(8)10/h2-7H,1H3. The number of carbonyl (C=O) groups is 2. The van der Waals surface area contributed by atoms with Gasteiger partial charge in [-0.25, -0.2) is 4.98 Å². The molecule has 4 rings (SSSR count). The third-order valence-corrected chi connectivity index (χ3v) is 3.54. The molecule has 0 aliphatic heterocycles. The van der Waals surface area contributed by atoms with Crippen LogP contribution in [0, 0.1) is 6.92 Å². The lowest BCUT2D eigenvalue weighted by Gasteiger charge is -2.12. The van der Waals surface area contributed by atoms with Crippen LogP contribution in [0.2, 0.25) is 0 Å². The molecule has 0 unspecified atom stereocenters. The van der Waals surface area contributed by atoms with E-state index in [1.807, 2.05) is 25.1 Å². The highest BCUT2D eigenvalue weighted by Gasteiger charge is 2.35. The number of aromatic nitrogens is 3. The van der Waals surface area contributed by atoms with Crippen LogP contribution in [0.3, 0.4) is 0 Å². The number of rotatable bonds is 0. The number of fused-ring (bicyclic) bond motifs is 5. The highest BCUT2D eigenvalue weighted by molar-refractivity contribution is 6.52. The van der Waals surface area contributed by atoms with Crippen molar-refractivity contribution in [1.82, 2.24) is 14.4 Å². The van der Waals surface area contributed by atoms with Crippen molar-refractivity contribution in [3.8, 4) is 11.4 Å². The molecule has 0 saturated carbocycles. The van der Waals surface area contributed by atoms with Crippen LogP contribution in [0.1, 0.15) is 26.5 Å². The quantitative estimate of drug-likeness (QED) is 0.582. The van der Waals surface area contributed by atoms with Gasteiger partial charge >= 0.3 is 0 Å². The monoisotopic (exact) mass is 263 g/mol. The van der Waals surface area contributed by atoms with Crippen LogP contribution in [-0.4, -0.2) is 25.9 Å². The molecule has 3 heterocycles. The Labute approximate surface area is 113 Å². The van der Waals surface area contributed by atoms with Gasteiger partial charge in [-0.15, -0.1) is 0 Å². The van der Waals surface area contributed by atoms with Gasteiger partial charge in [0.05, 0.1) is 5.56 Å². The van der Waals surface area contributed by atoms with E-state index in [-0.39, 0.29) is 0 Å². The molecular formula is C15H9N3O2. The van der Waals surface area contributed by atoms with Crippen LogP contribution in [-0.2, 0) is 0 Å². The maximum Gasteiger partial charge on any atom is 0.252 e. The lowest BCUT2D eigenvalue weighted by Crippen LogP contribution is -2.23. The van der Waals surface area contributed by atoms with Gasteiger partial charge in [-0.1, -0.05) is 6.07 Å². The summed E-state index contributed by atoms with van der Waals surface area (Å²) >= 11 is 0. The summed E-state index contributed by atoms with van der Waals surface area (Å²) in [4.78, 5) is 33.3. The zero-order valence-corrected chi connectivity index (χ0v) is 10.6. The Morgan fingerprint density at radius 3 is 2.70 bits per heavy atom. The predicted octanol–water partition coefficient (Wildman–Crippen LogP) is 2.08. The average Bonchev–Trinajstić information content (AvgIpc) is 2.86. The molecule has 5 heteroatoms. The van der Waals surface area contributed by atoms with Crippen LogP contribution in [0.5, 0.6) is 0 Å². The zero-order valence-electron chi connectivity index (χ0n) is 10.6. The first kappa shape index (κ1) is 11.0. The molecule has 1 aliphatic rings. The summed E-state index contributed by atoms with van der Waals surface area (Å²) in [5.74, 6) is -1.05. The number of aryl methyl sites for hydroxylation is 1. The minimum absolute atomic E-state index is 0.314. The van der Waals surface area contributed by atoms with Gasteiger partial charge in [-0.3, -0.25) is 19.0 Å². The van der Waals surface area contributed by atoms with E-state index < -0.39 is 11.6 Å². The Balaban J connectivity index is 2.22. The molecule has 5 nitrogen and oxygen atoms in total. The first-order valence-corrected chi connectivity index (χ1v) is 6.21. The normalized spacial score (nSPS) is 13.4. The van der Waals surface area contributed by atoms with Gasteiger partial charge in [-0.2, -0.15) is 0 Å². The molecule has 3 aromatic rings. The molecule has 0 atom stereocenters. The Bertz CT molecular complexity index is 909. The van der Waals surface area contributed by atoms with Crippen LogP contribution >= 0.6 is 0 Å². The van der Waals surface area contributed by atoms with Gasteiger partial charge in [0.15, 0.2) is 0 Å². The number of carbonyl (C=O) groups excluding carboxylic acids is 2. The summed E-state index contributed by atoms with van der Waals surface area (Å²) in [7, 11) is 0. The first-order chi connectivity index (χ1) is 9.68. The van der Waals surface area contributed by atoms with Crippen molar-refractivity contribution in [3.05, 3.63) is 53.5 Å². The maximum atomic E-state index is 12.4. The van der Waals surface area contributed by atoms with E-state index in [9.17, 15) is 9.59 Å².